The monoisotopic (exact) mass is 280 g/mol. The second-order valence-electron chi connectivity index (χ2n) is 4.38. The maximum Gasteiger partial charge on any atom is 0.128 e. The first-order valence-corrected chi connectivity index (χ1v) is 7.00. The standard InChI is InChI=1S/C16H12N2OS/c1-10-18-13-7-8-14(19-2)15(16(13)20-10)12-6-4-3-5-11(12)9-17/h3-8H,1-2H3. The minimum absolute atomic E-state index is 0.643. The van der Waals surface area contributed by atoms with Gasteiger partial charge in [0, 0.05) is 11.1 Å². The van der Waals surface area contributed by atoms with Crippen LogP contribution in [0.4, 0.5) is 0 Å². The zero-order valence-electron chi connectivity index (χ0n) is 11.2. The number of hydrogen-bond acceptors (Lipinski definition) is 4. The Morgan fingerprint density at radius 2 is 2.00 bits per heavy atom. The summed E-state index contributed by atoms with van der Waals surface area (Å²) in [4.78, 5) is 4.51. The van der Waals surface area contributed by atoms with Crippen molar-refractivity contribution in [3.05, 3.63) is 47.0 Å². The molecule has 0 amide bonds. The Hall–Kier alpha value is -2.38. The van der Waals surface area contributed by atoms with Crippen LogP contribution in [0.2, 0.25) is 0 Å². The average molecular weight is 280 g/mol. The number of thiazole rings is 1. The molecule has 20 heavy (non-hydrogen) atoms. The minimum atomic E-state index is 0.643. The van der Waals surface area contributed by atoms with Crippen molar-refractivity contribution in [1.82, 2.24) is 4.98 Å². The molecule has 98 valence electrons. The van der Waals surface area contributed by atoms with Crippen LogP contribution in [0, 0.1) is 18.3 Å². The summed E-state index contributed by atoms with van der Waals surface area (Å²) in [7, 11) is 1.65. The van der Waals surface area contributed by atoms with Gasteiger partial charge in [-0.2, -0.15) is 5.26 Å². The molecular formula is C16H12N2OS. The predicted octanol–water partition coefficient (Wildman–Crippen LogP) is 4.15. The highest BCUT2D eigenvalue weighted by molar-refractivity contribution is 7.19. The quantitative estimate of drug-likeness (QED) is 0.708. The third-order valence-corrected chi connectivity index (χ3v) is 4.17. The maximum atomic E-state index is 9.32. The summed E-state index contributed by atoms with van der Waals surface area (Å²) < 4.78 is 6.55. The van der Waals surface area contributed by atoms with E-state index in [-0.39, 0.29) is 0 Å². The number of nitrogens with zero attached hydrogens (tertiary/aromatic N) is 2. The van der Waals surface area contributed by atoms with Crippen LogP contribution in [-0.2, 0) is 0 Å². The molecule has 0 radical (unpaired) electrons. The zero-order valence-corrected chi connectivity index (χ0v) is 12.0. The molecule has 1 heterocycles. The first kappa shape index (κ1) is 12.6. The Morgan fingerprint density at radius 3 is 2.75 bits per heavy atom. The van der Waals surface area contributed by atoms with E-state index in [1.165, 1.54) is 0 Å². The summed E-state index contributed by atoms with van der Waals surface area (Å²) in [6.45, 7) is 1.98. The van der Waals surface area contributed by atoms with E-state index in [0.717, 1.165) is 32.1 Å². The number of ether oxygens (including phenoxy) is 1. The molecule has 0 aliphatic carbocycles. The first-order valence-electron chi connectivity index (χ1n) is 6.18. The fourth-order valence-electron chi connectivity index (χ4n) is 2.31. The molecule has 2 aromatic carbocycles. The Balaban J connectivity index is 2.42. The van der Waals surface area contributed by atoms with Crippen LogP contribution < -0.4 is 4.74 Å². The number of nitriles is 1. The van der Waals surface area contributed by atoms with E-state index < -0.39 is 0 Å². The van der Waals surface area contributed by atoms with Crippen molar-refractivity contribution in [2.45, 2.75) is 6.92 Å². The van der Waals surface area contributed by atoms with E-state index in [4.69, 9.17) is 4.74 Å². The minimum Gasteiger partial charge on any atom is -0.496 e. The van der Waals surface area contributed by atoms with Gasteiger partial charge < -0.3 is 4.74 Å². The largest absolute Gasteiger partial charge is 0.496 e. The average Bonchev–Trinajstić information content (AvgIpc) is 2.86. The smallest absolute Gasteiger partial charge is 0.128 e. The van der Waals surface area contributed by atoms with Gasteiger partial charge in [0.2, 0.25) is 0 Å². The van der Waals surface area contributed by atoms with Crippen molar-refractivity contribution in [1.29, 1.82) is 5.26 Å². The highest BCUT2D eigenvalue weighted by Crippen LogP contribution is 2.40. The third kappa shape index (κ3) is 1.93. The molecule has 0 aliphatic rings. The lowest BCUT2D eigenvalue weighted by Gasteiger charge is -2.10. The van der Waals surface area contributed by atoms with Crippen molar-refractivity contribution in [2.24, 2.45) is 0 Å². The van der Waals surface area contributed by atoms with E-state index in [2.05, 4.69) is 11.1 Å². The van der Waals surface area contributed by atoms with E-state index in [1.54, 1.807) is 18.4 Å². The second kappa shape index (κ2) is 4.95. The lowest BCUT2D eigenvalue weighted by atomic mass is 9.99. The summed E-state index contributed by atoms with van der Waals surface area (Å²) in [5.74, 6) is 0.767. The number of rotatable bonds is 2. The van der Waals surface area contributed by atoms with Crippen molar-refractivity contribution in [3.8, 4) is 22.9 Å². The lowest BCUT2D eigenvalue weighted by Crippen LogP contribution is -1.90. The highest BCUT2D eigenvalue weighted by atomic mass is 32.1. The fraction of sp³-hybridized carbons (Fsp3) is 0.125. The van der Waals surface area contributed by atoms with E-state index >= 15 is 0 Å². The molecular weight excluding hydrogens is 268 g/mol. The van der Waals surface area contributed by atoms with Crippen LogP contribution in [0.3, 0.4) is 0 Å². The number of aryl methyl sites for hydroxylation is 1. The molecule has 0 fully saturated rings. The Morgan fingerprint density at radius 1 is 1.20 bits per heavy atom. The molecule has 0 bridgehead atoms. The molecule has 3 aromatic rings. The van der Waals surface area contributed by atoms with Crippen LogP contribution in [0.1, 0.15) is 10.6 Å². The molecule has 4 heteroatoms. The summed E-state index contributed by atoms with van der Waals surface area (Å²) in [5, 5.41) is 10.3. The fourth-order valence-corrected chi connectivity index (χ4v) is 3.28. The Kier molecular flexibility index (Phi) is 3.13. The van der Waals surface area contributed by atoms with Crippen LogP contribution >= 0.6 is 11.3 Å². The molecule has 1 aromatic heterocycles. The van der Waals surface area contributed by atoms with Crippen molar-refractivity contribution in [3.63, 3.8) is 0 Å². The van der Waals surface area contributed by atoms with E-state index in [9.17, 15) is 5.26 Å². The van der Waals surface area contributed by atoms with Crippen LogP contribution in [-0.4, -0.2) is 12.1 Å². The number of aromatic nitrogens is 1. The van der Waals surface area contributed by atoms with Gasteiger partial charge in [0.05, 0.1) is 34.0 Å². The van der Waals surface area contributed by atoms with Gasteiger partial charge in [-0.15, -0.1) is 11.3 Å². The topological polar surface area (TPSA) is 45.9 Å². The van der Waals surface area contributed by atoms with Gasteiger partial charge in [-0.3, -0.25) is 0 Å². The van der Waals surface area contributed by atoms with Crippen molar-refractivity contribution in [2.75, 3.05) is 7.11 Å². The summed E-state index contributed by atoms with van der Waals surface area (Å²) >= 11 is 1.62. The molecule has 0 aliphatic heterocycles. The summed E-state index contributed by atoms with van der Waals surface area (Å²) in [6.07, 6.45) is 0. The summed E-state index contributed by atoms with van der Waals surface area (Å²) in [5.41, 5.74) is 3.43. The maximum absolute atomic E-state index is 9.32. The molecule has 0 spiro atoms. The number of hydrogen-bond donors (Lipinski definition) is 0. The lowest BCUT2D eigenvalue weighted by molar-refractivity contribution is 0.417. The second-order valence-corrected chi connectivity index (χ2v) is 5.58. The van der Waals surface area contributed by atoms with Gasteiger partial charge in [-0.05, 0) is 25.1 Å². The van der Waals surface area contributed by atoms with Gasteiger partial charge in [-0.25, -0.2) is 4.98 Å². The van der Waals surface area contributed by atoms with Gasteiger partial charge in [0.15, 0.2) is 0 Å². The summed E-state index contributed by atoms with van der Waals surface area (Å²) in [6, 6.07) is 13.7. The SMILES string of the molecule is COc1ccc2nc(C)sc2c1-c1ccccc1C#N. The van der Waals surface area contributed by atoms with Crippen molar-refractivity contribution >= 4 is 21.6 Å². The van der Waals surface area contributed by atoms with Crippen LogP contribution in [0.5, 0.6) is 5.75 Å². The van der Waals surface area contributed by atoms with Crippen LogP contribution in [0.15, 0.2) is 36.4 Å². The Labute approximate surface area is 121 Å². The molecule has 0 unspecified atom stereocenters. The van der Waals surface area contributed by atoms with Gasteiger partial charge in [0.25, 0.3) is 0 Å². The number of fused-ring (bicyclic) bond motifs is 1. The molecule has 0 atom stereocenters. The highest BCUT2D eigenvalue weighted by Gasteiger charge is 2.16. The van der Waals surface area contributed by atoms with Gasteiger partial charge in [-0.1, -0.05) is 18.2 Å². The molecule has 0 N–H and O–H groups in total. The predicted molar refractivity (Wildman–Crippen MR) is 81.1 cm³/mol. The van der Waals surface area contributed by atoms with Gasteiger partial charge >= 0.3 is 0 Å². The van der Waals surface area contributed by atoms with Crippen LogP contribution in [0.25, 0.3) is 21.3 Å². The van der Waals surface area contributed by atoms with Crippen molar-refractivity contribution < 1.29 is 4.74 Å². The molecule has 0 saturated carbocycles. The third-order valence-electron chi connectivity index (χ3n) is 3.16. The number of methoxy groups -OCH3 is 1. The molecule has 3 rings (SSSR count). The van der Waals surface area contributed by atoms with E-state index in [1.807, 2.05) is 43.3 Å². The molecule has 0 saturated heterocycles. The molecule has 3 nitrogen and oxygen atoms in total. The first-order chi connectivity index (χ1) is 9.74. The normalized spacial score (nSPS) is 10.4. The zero-order chi connectivity index (χ0) is 14.1. The number of benzene rings is 2. The van der Waals surface area contributed by atoms with Gasteiger partial charge in [0.1, 0.15) is 5.75 Å². The Bertz CT molecular complexity index is 830. The van der Waals surface area contributed by atoms with E-state index in [0.29, 0.717) is 5.56 Å².